The van der Waals surface area contributed by atoms with Crippen molar-refractivity contribution in [1.82, 2.24) is 4.90 Å². The van der Waals surface area contributed by atoms with E-state index in [1.807, 2.05) is 13.8 Å². The molecule has 0 N–H and O–H groups in total. The third-order valence-corrected chi connectivity index (χ3v) is 5.47. The first-order valence-corrected chi connectivity index (χ1v) is 11.1. The average molecular weight is 451 g/mol. The first-order valence-electron chi connectivity index (χ1n) is 9.24. The smallest absolute Gasteiger partial charge is 0.396 e. The number of amides is 1. The van der Waals surface area contributed by atoms with E-state index in [4.69, 9.17) is 34.7 Å². The fourth-order valence-corrected chi connectivity index (χ4v) is 3.70. The van der Waals surface area contributed by atoms with Gasteiger partial charge < -0.3 is 14.5 Å². The van der Waals surface area contributed by atoms with Crippen LogP contribution in [0.5, 0.6) is 0 Å². The number of ether oxygens (including phenoxy) is 1. The highest BCUT2D eigenvalue weighted by atomic mass is 35.5. The lowest BCUT2D eigenvalue weighted by Gasteiger charge is -2.25. The zero-order valence-corrected chi connectivity index (χ0v) is 18.9. The van der Waals surface area contributed by atoms with E-state index in [9.17, 15) is 9.36 Å². The Kier molecular flexibility index (Phi) is 11.2. The van der Waals surface area contributed by atoms with E-state index in [2.05, 4.69) is 5.16 Å². The molecule has 29 heavy (non-hydrogen) atoms. The summed E-state index contributed by atoms with van der Waals surface area (Å²) in [7, 11) is -2.70. The van der Waals surface area contributed by atoms with Crippen LogP contribution in [0.2, 0.25) is 5.02 Å². The Bertz CT molecular complexity index is 701. The summed E-state index contributed by atoms with van der Waals surface area (Å²) in [6.07, 6.45) is -1.87. The molecule has 0 saturated carbocycles. The molecule has 1 rings (SSSR count). The van der Waals surface area contributed by atoms with E-state index in [0.29, 0.717) is 23.7 Å². The van der Waals surface area contributed by atoms with Crippen LogP contribution in [0, 0.1) is 0 Å². The molecule has 0 aliphatic carbocycles. The Morgan fingerprint density at radius 2 is 1.66 bits per heavy atom. The summed E-state index contributed by atoms with van der Waals surface area (Å²) in [6, 6.07) is 6.45. The summed E-state index contributed by atoms with van der Waals surface area (Å²) < 4.78 is 34.5. The SMILES string of the molecule is CCOP(=O)(OCC)OC(C(=NOC)OC(=O)N(CC)CC)c1ccc(Cl)cc1. The number of halogens is 1. The average Bonchev–Trinajstić information content (AvgIpc) is 2.68. The first-order chi connectivity index (χ1) is 13.8. The summed E-state index contributed by atoms with van der Waals surface area (Å²) >= 11 is 5.96. The van der Waals surface area contributed by atoms with Crippen LogP contribution in [0.1, 0.15) is 39.4 Å². The summed E-state index contributed by atoms with van der Waals surface area (Å²) in [5.41, 5.74) is 0.456. The van der Waals surface area contributed by atoms with Crippen molar-refractivity contribution in [2.75, 3.05) is 33.4 Å². The topological polar surface area (TPSA) is 95.9 Å². The van der Waals surface area contributed by atoms with Gasteiger partial charge in [-0.3, -0.25) is 13.6 Å². The molecule has 0 aliphatic rings. The molecule has 1 aromatic rings. The number of benzene rings is 1. The molecule has 11 heteroatoms. The minimum Gasteiger partial charge on any atom is -0.396 e. The van der Waals surface area contributed by atoms with Crippen LogP contribution in [0.25, 0.3) is 0 Å². The number of phosphoric acid groups is 1. The number of nitrogens with zero attached hydrogens (tertiary/aromatic N) is 2. The molecular weight excluding hydrogens is 423 g/mol. The summed E-state index contributed by atoms with van der Waals surface area (Å²) in [6.45, 7) is 7.94. The quantitative estimate of drug-likeness (QED) is 0.202. The van der Waals surface area contributed by atoms with Crippen LogP contribution in [-0.4, -0.2) is 50.3 Å². The highest BCUT2D eigenvalue weighted by molar-refractivity contribution is 7.48. The Balaban J connectivity index is 3.34. The number of carbonyl (C=O) groups is 1. The van der Waals surface area contributed by atoms with Crippen molar-refractivity contribution in [3.8, 4) is 0 Å². The van der Waals surface area contributed by atoms with E-state index in [0.717, 1.165) is 0 Å². The fourth-order valence-electron chi connectivity index (χ4n) is 2.28. The minimum atomic E-state index is -3.99. The molecule has 0 radical (unpaired) electrons. The summed E-state index contributed by atoms with van der Waals surface area (Å²) in [5.74, 6) is -0.258. The van der Waals surface area contributed by atoms with Gasteiger partial charge in [-0.2, -0.15) is 0 Å². The van der Waals surface area contributed by atoms with Crippen molar-refractivity contribution < 1.29 is 32.5 Å². The second kappa shape index (κ2) is 12.8. The molecule has 0 aliphatic heterocycles. The number of phosphoric ester groups is 1. The molecule has 1 unspecified atom stereocenters. The molecule has 0 heterocycles. The van der Waals surface area contributed by atoms with Gasteiger partial charge in [-0.1, -0.05) is 23.7 Å². The van der Waals surface area contributed by atoms with Crippen molar-refractivity contribution in [3.05, 3.63) is 34.9 Å². The zero-order chi connectivity index (χ0) is 21.9. The Morgan fingerprint density at radius 1 is 1.10 bits per heavy atom. The molecule has 0 spiro atoms. The van der Waals surface area contributed by atoms with Crippen molar-refractivity contribution in [1.29, 1.82) is 0 Å². The van der Waals surface area contributed by atoms with Gasteiger partial charge in [-0.15, -0.1) is 0 Å². The number of oxime groups is 1. The van der Waals surface area contributed by atoms with Gasteiger partial charge >= 0.3 is 13.9 Å². The number of rotatable bonds is 11. The molecular formula is C18H28ClN2O7P. The molecule has 0 aromatic heterocycles. The number of carbonyl (C=O) groups excluding carboxylic acids is 1. The second-order valence-electron chi connectivity index (χ2n) is 5.47. The van der Waals surface area contributed by atoms with Gasteiger partial charge in [-0.25, -0.2) is 9.36 Å². The normalized spacial score (nSPS) is 13.1. The molecule has 164 valence electrons. The zero-order valence-electron chi connectivity index (χ0n) is 17.3. The fraction of sp³-hybridized carbons (Fsp3) is 0.556. The first kappa shape index (κ1) is 25.4. The predicted molar refractivity (Wildman–Crippen MR) is 110 cm³/mol. The second-order valence-corrected chi connectivity index (χ2v) is 7.53. The number of hydrogen-bond donors (Lipinski definition) is 0. The van der Waals surface area contributed by atoms with Gasteiger partial charge in [0.1, 0.15) is 7.11 Å². The summed E-state index contributed by atoms with van der Waals surface area (Å²) in [4.78, 5) is 18.7. The summed E-state index contributed by atoms with van der Waals surface area (Å²) in [5, 5.41) is 4.26. The Labute approximate surface area is 176 Å². The van der Waals surface area contributed by atoms with Gasteiger partial charge in [0.05, 0.1) is 13.2 Å². The van der Waals surface area contributed by atoms with E-state index >= 15 is 0 Å². The molecule has 1 amide bonds. The van der Waals surface area contributed by atoms with Crippen molar-refractivity contribution in [3.63, 3.8) is 0 Å². The highest BCUT2D eigenvalue weighted by Gasteiger charge is 2.36. The third kappa shape index (κ3) is 7.95. The molecule has 0 bridgehead atoms. The van der Waals surface area contributed by atoms with Gasteiger partial charge in [0, 0.05) is 18.1 Å². The van der Waals surface area contributed by atoms with Crippen LogP contribution in [0.3, 0.4) is 0 Å². The highest BCUT2D eigenvalue weighted by Crippen LogP contribution is 2.53. The van der Waals surface area contributed by atoms with Gasteiger partial charge in [-0.05, 0) is 50.5 Å². The van der Waals surface area contributed by atoms with Crippen LogP contribution >= 0.6 is 19.4 Å². The largest absolute Gasteiger partial charge is 0.475 e. The molecule has 9 nitrogen and oxygen atoms in total. The van der Waals surface area contributed by atoms with Gasteiger partial charge in [0.2, 0.25) is 0 Å². The van der Waals surface area contributed by atoms with E-state index in [-0.39, 0.29) is 19.1 Å². The van der Waals surface area contributed by atoms with Crippen LogP contribution < -0.4 is 0 Å². The Morgan fingerprint density at radius 3 is 2.10 bits per heavy atom. The van der Waals surface area contributed by atoms with Crippen LogP contribution in [0.15, 0.2) is 29.4 Å². The van der Waals surface area contributed by atoms with Crippen LogP contribution in [-0.2, 0) is 27.7 Å². The lowest BCUT2D eigenvalue weighted by molar-refractivity contribution is 0.0883. The standard InChI is InChI=1S/C18H28ClN2O7P/c1-6-21(7-2)18(22)27-17(20-24-5)16(14-10-12-15(19)13-11-14)28-29(23,25-8-3)26-9-4/h10-13,16H,6-9H2,1-5H3. The number of hydrogen-bond acceptors (Lipinski definition) is 8. The molecule has 1 atom stereocenters. The van der Waals surface area contributed by atoms with Crippen molar-refractivity contribution >= 4 is 31.4 Å². The van der Waals surface area contributed by atoms with Gasteiger partial charge in [0.25, 0.3) is 5.90 Å². The molecule has 1 aromatic carbocycles. The minimum absolute atomic E-state index is 0.0839. The third-order valence-electron chi connectivity index (χ3n) is 3.60. The maximum Gasteiger partial charge on any atom is 0.475 e. The molecule has 0 saturated heterocycles. The van der Waals surface area contributed by atoms with Gasteiger partial charge in [0.15, 0.2) is 6.10 Å². The maximum atomic E-state index is 13.0. The van der Waals surface area contributed by atoms with E-state index in [1.54, 1.807) is 38.1 Å². The van der Waals surface area contributed by atoms with Crippen molar-refractivity contribution in [2.24, 2.45) is 5.16 Å². The molecule has 0 fully saturated rings. The monoisotopic (exact) mass is 450 g/mol. The van der Waals surface area contributed by atoms with Crippen molar-refractivity contribution in [2.45, 2.75) is 33.8 Å². The lowest BCUT2D eigenvalue weighted by Crippen LogP contribution is -2.34. The van der Waals surface area contributed by atoms with E-state index in [1.165, 1.54) is 12.0 Å². The maximum absolute atomic E-state index is 13.0. The van der Waals surface area contributed by atoms with E-state index < -0.39 is 20.0 Å². The van der Waals surface area contributed by atoms with Crippen LogP contribution in [0.4, 0.5) is 4.79 Å². The Hall–Kier alpha value is -1.64. The lowest BCUT2D eigenvalue weighted by atomic mass is 10.1. The predicted octanol–water partition coefficient (Wildman–Crippen LogP) is 5.02.